The second-order valence-corrected chi connectivity index (χ2v) is 7.73. The van der Waals surface area contributed by atoms with Gasteiger partial charge in [-0.15, -0.1) is 24.0 Å². The summed E-state index contributed by atoms with van der Waals surface area (Å²) in [5.74, 6) is 1.21. The van der Waals surface area contributed by atoms with Crippen molar-refractivity contribution in [1.29, 1.82) is 0 Å². The van der Waals surface area contributed by atoms with Crippen molar-refractivity contribution in [2.75, 3.05) is 46.6 Å². The predicted molar refractivity (Wildman–Crippen MR) is 123 cm³/mol. The van der Waals surface area contributed by atoms with Gasteiger partial charge >= 0.3 is 0 Å². The molecule has 7 heteroatoms. The van der Waals surface area contributed by atoms with Gasteiger partial charge in [0.2, 0.25) is 0 Å². The lowest BCUT2D eigenvalue weighted by Crippen LogP contribution is -2.43. The summed E-state index contributed by atoms with van der Waals surface area (Å²) in [5.41, 5.74) is 0.964. The van der Waals surface area contributed by atoms with Gasteiger partial charge in [0, 0.05) is 52.0 Å². The van der Waals surface area contributed by atoms with Gasteiger partial charge in [-0.25, -0.2) is 4.39 Å². The lowest BCUT2D eigenvalue weighted by molar-refractivity contribution is 0.0203. The first-order valence-electron chi connectivity index (χ1n) is 9.87. The molecule has 0 amide bonds. The SMILES string of the molecule is CN=C(NCCCOCC1CCOCC1)NCC(C)(C)c1ccc(F)cc1.I. The van der Waals surface area contributed by atoms with E-state index in [1.54, 1.807) is 7.05 Å². The highest BCUT2D eigenvalue weighted by atomic mass is 127. The molecule has 1 fully saturated rings. The quantitative estimate of drug-likeness (QED) is 0.232. The van der Waals surface area contributed by atoms with Crippen LogP contribution in [-0.2, 0) is 14.9 Å². The van der Waals surface area contributed by atoms with Gasteiger partial charge < -0.3 is 20.1 Å². The Morgan fingerprint density at radius 3 is 2.54 bits per heavy atom. The van der Waals surface area contributed by atoms with E-state index >= 15 is 0 Å². The molecule has 0 saturated carbocycles. The zero-order chi connectivity index (χ0) is 19.5. The van der Waals surface area contributed by atoms with Crippen molar-refractivity contribution in [2.24, 2.45) is 10.9 Å². The normalized spacial score (nSPS) is 15.8. The molecule has 0 spiro atoms. The molecule has 2 N–H and O–H groups in total. The Bertz CT molecular complexity index is 576. The maximum Gasteiger partial charge on any atom is 0.191 e. The highest BCUT2D eigenvalue weighted by molar-refractivity contribution is 14.0. The summed E-state index contributed by atoms with van der Waals surface area (Å²) in [6.07, 6.45) is 3.16. The molecule has 28 heavy (non-hydrogen) atoms. The third-order valence-corrected chi connectivity index (χ3v) is 5.00. The summed E-state index contributed by atoms with van der Waals surface area (Å²) in [4.78, 5) is 4.27. The molecule has 1 aliphatic heterocycles. The summed E-state index contributed by atoms with van der Waals surface area (Å²) < 4.78 is 24.3. The molecular weight excluding hydrogens is 472 g/mol. The number of guanidine groups is 1. The van der Waals surface area contributed by atoms with Crippen LogP contribution in [-0.4, -0.2) is 52.5 Å². The average Bonchev–Trinajstić information content (AvgIpc) is 2.68. The van der Waals surface area contributed by atoms with E-state index in [2.05, 4.69) is 29.5 Å². The van der Waals surface area contributed by atoms with Gasteiger partial charge in [0.1, 0.15) is 5.82 Å². The zero-order valence-electron chi connectivity index (χ0n) is 17.3. The molecule has 1 aliphatic rings. The van der Waals surface area contributed by atoms with Crippen molar-refractivity contribution in [3.8, 4) is 0 Å². The lowest BCUT2D eigenvalue weighted by Gasteiger charge is -2.27. The number of aliphatic imine (C=N–C) groups is 1. The van der Waals surface area contributed by atoms with E-state index in [0.717, 1.165) is 63.8 Å². The fraction of sp³-hybridized carbons (Fsp3) is 0.667. The number of ether oxygens (including phenoxy) is 2. The molecule has 0 bridgehead atoms. The van der Waals surface area contributed by atoms with Crippen molar-refractivity contribution in [3.63, 3.8) is 0 Å². The number of benzene rings is 1. The van der Waals surface area contributed by atoms with Gasteiger partial charge in [0.15, 0.2) is 5.96 Å². The molecule has 0 aromatic heterocycles. The standard InChI is InChI=1S/C21H34FN3O2.HI/c1-21(2,18-5-7-19(22)8-6-18)16-25-20(23-3)24-11-4-12-27-15-17-9-13-26-14-10-17;/h5-8,17H,4,9-16H2,1-3H3,(H2,23,24,25);1H. The number of nitrogens with zero attached hydrogens (tertiary/aromatic N) is 1. The Morgan fingerprint density at radius 2 is 1.89 bits per heavy atom. The zero-order valence-corrected chi connectivity index (χ0v) is 19.6. The van der Waals surface area contributed by atoms with E-state index in [9.17, 15) is 4.39 Å². The van der Waals surface area contributed by atoms with Crippen LogP contribution in [0, 0.1) is 11.7 Å². The van der Waals surface area contributed by atoms with Crippen LogP contribution in [0.15, 0.2) is 29.3 Å². The molecule has 2 rings (SSSR count). The third kappa shape index (κ3) is 9.05. The van der Waals surface area contributed by atoms with Gasteiger partial charge in [0.05, 0.1) is 0 Å². The van der Waals surface area contributed by atoms with Crippen LogP contribution in [0.3, 0.4) is 0 Å². The van der Waals surface area contributed by atoms with Gasteiger partial charge in [0.25, 0.3) is 0 Å². The first-order valence-corrected chi connectivity index (χ1v) is 9.87. The summed E-state index contributed by atoms with van der Waals surface area (Å²) in [5, 5.41) is 6.68. The minimum Gasteiger partial charge on any atom is -0.381 e. The molecule has 0 aliphatic carbocycles. The molecule has 5 nitrogen and oxygen atoms in total. The van der Waals surface area contributed by atoms with E-state index in [4.69, 9.17) is 9.47 Å². The van der Waals surface area contributed by atoms with Crippen LogP contribution in [0.5, 0.6) is 0 Å². The lowest BCUT2D eigenvalue weighted by atomic mass is 9.84. The molecule has 1 heterocycles. The summed E-state index contributed by atoms with van der Waals surface area (Å²) in [6, 6.07) is 6.68. The summed E-state index contributed by atoms with van der Waals surface area (Å²) >= 11 is 0. The molecule has 1 aromatic rings. The maximum atomic E-state index is 13.1. The highest BCUT2D eigenvalue weighted by Crippen LogP contribution is 2.22. The minimum absolute atomic E-state index is 0. The highest BCUT2D eigenvalue weighted by Gasteiger charge is 2.21. The van der Waals surface area contributed by atoms with Crippen LogP contribution in [0.2, 0.25) is 0 Å². The molecule has 0 atom stereocenters. The van der Waals surface area contributed by atoms with E-state index in [0.29, 0.717) is 12.5 Å². The predicted octanol–water partition coefficient (Wildman–Crippen LogP) is 3.72. The van der Waals surface area contributed by atoms with Gasteiger partial charge in [-0.2, -0.15) is 0 Å². The van der Waals surface area contributed by atoms with Crippen molar-refractivity contribution >= 4 is 29.9 Å². The van der Waals surface area contributed by atoms with Gasteiger partial charge in [-0.1, -0.05) is 26.0 Å². The minimum atomic E-state index is -0.209. The van der Waals surface area contributed by atoms with Crippen LogP contribution in [0.25, 0.3) is 0 Å². The summed E-state index contributed by atoms with van der Waals surface area (Å²) in [6.45, 7) is 9.10. The Balaban J connectivity index is 0.00000392. The molecule has 0 unspecified atom stereocenters. The fourth-order valence-electron chi connectivity index (χ4n) is 3.07. The molecule has 1 saturated heterocycles. The second kappa shape index (κ2) is 13.3. The Hall–Kier alpha value is -0.930. The van der Waals surface area contributed by atoms with Crippen molar-refractivity contribution in [1.82, 2.24) is 10.6 Å². The molecule has 160 valence electrons. The first-order chi connectivity index (χ1) is 13.0. The van der Waals surface area contributed by atoms with Crippen LogP contribution < -0.4 is 10.6 Å². The number of nitrogens with one attached hydrogen (secondary N) is 2. The van der Waals surface area contributed by atoms with Crippen LogP contribution >= 0.6 is 24.0 Å². The van der Waals surface area contributed by atoms with E-state index in [1.165, 1.54) is 12.1 Å². The van der Waals surface area contributed by atoms with E-state index in [-0.39, 0.29) is 35.2 Å². The van der Waals surface area contributed by atoms with Crippen LogP contribution in [0.1, 0.15) is 38.7 Å². The van der Waals surface area contributed by atoms with Crippen molar-refractivity contribution < 1.29 is 13.9 Å². The largest absolute Gasteiger partial charge is 0.381 e. The van der Waals surface area contributed by atoms with Gasteiger partial charge in [-0.3, -0.25) is 4.99 Å². The first kappa shape index (κ1) is 25.1. The third-order valence-electron chi connectivity index (χ3n) is 5.00. The van der Waals surface area contributed by atoms with E-state index < -0.39 is 0 Å². The smallest absolute Gasteiger partial charge is 0.191 e. The number of rotatable bonds is 9. The number of hydrogen-bond donors (Lipinski definition) is 2. The Kier molecular flexibility index (Phi) is 11.9. The Labute approximate surface area is 185 Å². The van der Waals surface area contributed by atoms with E-state index in [1.807, 2.05) is 12.1 Å². The molecule has 0 radical (unpaired) electrons. The van der Waals surface area contributed by atoms with Gasteiger partial charge in [-0.05, 0) is 42.9 Å². The molecule has 1 aromatic carbocycles. The second-order valence-electron chi connectivity index (χ2n) is 7.73. The van der Waals surface area contributed by atoms with Crippen LogP contribution in [0.4, 0.5) is 4.39 Å². The van der Waals surface area contributed by atoms with Crippen molar-refractivity contribution in [3.05, 3.63) is 35.6 Å². The molecular formula is C21H35FIN3O2. The summed E-state index contributed by atoms with van der Waals surface area (Å²) in [7, 11) is 1.77. The Morgan fingerprint density at radius 1 is 1.21 bits per heavy atom. The average molecular weight is 507 g/mol. The fourth-order valence-corrected chi connectivity index (χ4v) is 3.07. The number of hydrogen-bond acceptors (Lipinski definition) is 3. The topological polar surface area (TPSA) is 54.9 Å². The number of halogens is 2. The monoisotopic (exact) mass is 507 g/mol. The van der Waals surface area contributed by atoms with Crippen molar-refractivity contribution in [2.45, 2.75) is 38.5 Å². The maximum absolute atomic E-state index is 13.1.